The molecule has 0 unspecified atom stereocenters. The van der Waals surface area contributed by atoms with Crippen molar-refractivity contribution < 1.29 is 14.0 Å². The van der Waals surface area contributed by atoms with Crippen molar-refractivity contribution in [3.05, 3.63) is 158 Å². The lowest BCUT2D eigenvalue weighted by atomic mass is 9.91. The molecular formula is C42H26O. The minimum atomic E-state index is -0.441. The topological polar surface area (TPSA) is 13.1 Å². The zero-order chi connectivity index (χ0) is 34.4. The fraction of sp³-hybridized carbons (Fsp3) is 0. The Balaban J connectivity index is 1.15. The molecule has 0 atom stereocenters. The van der Waals surface area contributed by atoms with Gasteiger partial charge in [0.2, 0.25) is 0 Å². The maximum absolute atomic E-state index is 8.78. The second-order valence-electron chi connectivity index (χ2n) is 10.8. The van der Waals surface area contributed by atoms with Gasteiger partial charge in [0.1, 0.15) is 11.2 Å². The molecule has 8 aromatic carbocycles. The van der Waals surface area contributed by atoms with Gasteiger partial charge in [0, 0.05) is 16.3 Å². The highest BCUT2D eigenvalue weighted by molar-refractivity contribution is 6.25. The molecule has 1 aromatic heterocycles. The van der Waals surface area contributed by atoms with Crippen LogP contribution in [0.4, 0.5) is 0 Å². The Bertz CT molecular complexity index is 2860. The second-order valence-corrected chi connectivity index (χ2v) is 10.8. The summed E-state index contributed by atoms with van der Waals surface area (Å²) in [7, 11) is 0. The third-order valence-electron chi connectivity index (χ3n) is 8.38. The summed E-state index contributed by atoms with van der Waals surface area (Å²) in [6, 6.07) is 37.2. The lowest BCUT2D eigenvalue weighted by molar-refractivity contribution is 0.670. The van der Waals surface area contributed by atoms with Gasteiger partial charge in [-0.1, -0.05) is 139 Å². The summed E-state index contributed by atoms with van der Waals surface area (Å²) in [5.74, 6) is 0. The SMILES string of the molecule is [2H]c1c([2H])c([2H])c2c(oc3c(-c4ccc(-c5cccc(-c6ccc7c8ccccc8c8ccccc8c7c6)c5)cc4)c([2H])c([2H])c([2H])c32)c1[2H]. The number of fused-ring (bicyclic) bond motifs is 9. The van der Waals surface area contributed by atoms with Gasteiger partial charge in [-0.2, -0.15) is 0 Å². The first-order chi connectivity index (χ1) is 24.2. The normalized spacial score (nSPS) is 14.0. The maximum Gasteiger partial charge on any atom is 0.143 e. The molecule has 200 valence electrons. The van der Waals surface area contributed by atoms with Crippen molar-refractivity contribution in [2.45, 2.75) is 0 Å². The number of rotatable bonds is 3. The van der Waals surface area contributed by atoms with E-state index in [-0.39, 0.29) is 57.7 Å². The van der Waals surface area contributed by atoms with E-state index >= 15 is 0 Å². The van der Waals surface area contributed by atoms with Crippen LogP contribution in [0.15, 0.2) is 162 Å². The Morgan fingerprint density at radius 1 is 0.372 bits per heavy atom. The molecule has 0 saturated carbocycles. The molecular weight excluding hydrogens is 520 g/mol. The third-order valence-corrected chi connectivity index (χ3v) is 8.38. The van der Waals surface area contributed by atoms with Crippen LogP contribution in [0.3, 0.4) is 0 Å². The first kappa shape index (κ1) is 18.0. The summed E-state index contributed by atoms with van der Waals surface area (Å²) < 4.78 is 65.1. The largest absolute Gasteiger partial charge is 0.455 e. The summed E-state index contributed by atoms with van der Waals surface area (Å²) in [5, 5.41) is 7.50. The van der Waals surface area contributed by atoms with Crippen LogP contribution in [0.25, 0.3) is 87.6 Å². The van der Waals surface area contributed by atoms with Gasteiger partial charge >= 0.3 is 0 Å². The van der Waals surface area contributed by atoms with Crippen molar-refractivity contribution in [2.24, 2.45) is 0 Å². The highest BCUT2D eigenvalue weighted by atomic mass is 16.3. The zero-order valence-corrected chi connectivity index (χ0v) is 22.9. The van der Waals surface area contributed by atoms with Gasteiger partial charge in [-0.25, -0.2) is 0 Å². The van der Waals surface area contributed by atoms with Crippen LogP contribution in [-0.2, 0) is 0 Å². The Morgan fingerprint density at radius 2 is 0.930 bits per heavy atom. The van der Waals surface area contributed by atoms with Gasteiger partial charge in [0.15, 0.2) is 0 Å². The average Bonchev–Trinajstić information content (AvgIpc) is 3.56. The van der Waals surface area contributed by atoms with Crippen LogP contribution in [0.5, 0.6) is 0 Å². The fourth-order valence-corrected chi connectivity index (χ4v) is 6.33. The highest BCUT2D eigenvalue weighted by Crippen LogP contribution is 2.39. The predicted octanol–water partition coefficient (Wildman–Crippen LogP) is 12.0. The van der Waals surface area contributed by atoms with Crippen LogP contribution in [0.2, 0.25) is 0 Å². The molecule has 0 aliphatic rings. The Kier molecular flexibility index (Phi) is 3.95. The molecule has 0 fully saturated rings. The van der Waals surface area contributed by atoms with Gasteiger partial charge in [-0.3, -0.25) is 0 Å². The second kappa shape index (κ2) is 9.44. The molecule has 1 heterocycles. The van der Waals surface area contributed by atoms with E-state index in [2.05, 4.69) is 84.9 Å². The maximum atomic E-state index is 8.78. The van der Waals surface area contributed by atoms with Crippen molar-refractivity contribution in [3.63, 3.8) is 0 Å². The van der Waals surface area contributed by atoms with E-state index in [9.17, 15) is 0 Å². The molecule has 0 saturated heterocycles. The molecule has 0 N–H and O–H groups in total. The standard InChI is InChI=1S/C42H26O/c1-2-13-35-33(11-1)34-12-3-4-14-36(34)40-26-31(23-24-37(35)40)30-10-7-9-29(25-30)27-19-21-28(22-20-27)32-16-8-17-39-38-15-5-6-18-41(38)43-42(32)39/h1-26H/i5D,6D,8D,15D,16D,17D,18D. The summed E-state index contributed by atoms with van der Waals surface area (Å²) in [6.45, 7) is 0. The van der Waals surface area contributed by atoms with Crippen LogP contribution in [0.1, 0.15) is 9.60 Å². The van der Waals surface area contributed by atoms with Crippen molar-refractivity contribution in [2.75, 3.05) is 0 Å². The molecule has 0 aliphatic carbocycles. The molecule has 0 spiro atoms. The quantitative estimate of drug-likeness (QED) is 0.198. The summed E-state index contributed by atoms with van der Waals surface area (Å²) in [6.07, 6.45) is 0. The average molecular weight is 554 g/mol. The predicted molar refractivity (Wildman–Crippen MR) is 183 cm³/mol. The van der Waals surface area contributed by atoms with E-state index in [0.29, 0.717) is 5.56 Å². The minimum Gasteiger partial charge on any atom is -0.455 e. The Morgan fingerprint density at radius 3 is 1.67 bits per heavy atom. The van der Waals surface area contributed by atoms with Gasteiger partial charge in [-0.15, -0.1) is 0 Å². The zero-order valence-electron chi connectivity index (χ0n) is 29.9. The molecule has 1 nitrogen and oxygen atoms in total. The molecule has 0 aliphatic heterocycles. The van der Waals surface area contributed by atoms with Crippen LogP contribution < -0.4 is 0 Å². The van der Waals surface area contributed by atoms with Crippen LogP contribution in [0, 0.1) is 0 Å². The number of benzene rings is 8. The molecule has 0 radical (unpaired) electrons. The van der Waals surface area contributed by atoms with Crippen molar-refractivity contribution >= 4 is 54.3 Å². The van der Waals surface area contributed by atoms with Gasteiger partial charge in [0.25, 0.3) is 0 Å². The highest BCUT2D eigenvalue weighted by Gasteiger charge is 2.13. The van der Waals surface area contributed by atoms with Crippen LogP contribution in [-0.4, -0.2) is 0 Å². The van der Waals surface area contributed by atoms with E-state index in [4.69, 9.17) is 14.0 Å². The number of hydrogen-bond acceptors (Lipinski definition) is 1. The van der Waals surface area contributed by atoms with Gasteiger partial charge < -0.3 is 4.42 Å². The molecule has 9 rings (SSSR count). The number of para-hydroxylation sites is 2. The Hall–Kier alpha value is -5.66. The van der Waals surface area contributed by atoms with Gasteiger partial charge in [-0.05, 0) is 78.3 Å². The number of furan rings is 1. The summed E-state index contributed by atoms with van der Waals surface area (Å²) in [5.41, 5.74) is 5.00. The monoisotopic (exact) mass is 553 g/mol. The first-order valence-corrected chi connectivity index (χ1v) is 14.2. The first-order valence-electron chi connectivity index (χ1n) is 17.7. The van der Waals surface area contributed by atoms with E-state index in [1.807, 2.05) is 30.3 Å². The lowest BCUT2D eigenvalue weighted by Crippen LogP contribution is -1.86. The minimum absolute atomic E-state index is 0.0501. The summed E-state index contributed by atoms with van der Waals surface area (Å²) in [4.78, 5) is 0. The van der Waals surface area contributed by atoms with E-state index < -0.39 is 12.1 Å². The van der Waals surface area contributed by atoms with Crippen molar-refractivity contribution in [1.29, 1.82) is 0 Å². The molecule has 1 heteroatoms. The fourth-order valence-electron chi connectivity index (χ4n) is 6.33. The smallest absolute Gasteiger partial charge is 0.143 e. The third kappa shape index (κ3) is 3.79. The Labute approximate surface area is 259 Å². The van der Waals surface area contributed by atoms with E-state index in [0.717, 1.165) is 22.3 Å². The molecule has 43 heavy (non-hydrogen) atoms. The molecule has 0 amide bonds. The molecule has 9 aromatic rings. The summed E-state index contributed by atoms with van der Waals surface area (Å²) >= 11 is 0. The van der Waals surface area contributed by atoms with Gasteiger partial charge in [0.05, 0.1) is 9.60 Å². The van der Waals surface area contributed by atoms with Crippen molar-refractivity contribution in [3.8, 4) is 33.4 Å². The van der Waals surface area contributed by atoms with Crippen LogP contribution >= 0.6 is 0 Å². The number of hydrogen-bond donors (Lipinski definition) is 0. The molecule has 0 bridgehead atoms. The van der Waals surface area contributed by atoms with Crippen molar-refractivity contribution in [1.82, 2.24) is 0 Å². The van der Waals surface area contributed by atoms with E-state index in [1.54, 1.807) is 0 Å². The lowest BCUT2D eigenvalue weighted by Gasteiger charge is -2.12. The van der Waals surface area contributed by atoms with E-state index in [1.165, 1.54) is 32.3 Å².